The summed E-state index contributed by atoms with van der Waals surface area (Å²) in [4.78, 5) is 19.9. The topological polar surface area (TPSA) is 50.2 Å². The van der Waals surface area contributed by atoms with Gasteiger partial charge >= 0.3 is 6.03 Å². The van der Waals surface area contributed by atoms with Crippen molar-refractivity contribution in [2.75, 3.05) is 13.1 Å². The molecule has 1 atom stereocenters. The standard InChI is InChI=1S/C20H28N4OS/c1-3-17(14-23-13-10-21-15-23)22-20(25)24-11-8-19(9-12-24)26-18-6-4-16(2)5-7-18/h4-7,10,13,15,17,19H,3,8-9,11-12,14H2,1-2H3,(H,22,25)/t17-/m1/s1. The molecule has 2 heterocycles. The first-order valence-corrected chi connectivity index (χ1v) is 10.3. The van der Waals surface area contributed by atoms with Crippen molar-refractivity contribution in [2.45, 2.75) is 55.8 Å². The lowest BCUT2D eigenvalue weighted by Crippen LogP contribution is -2.49. The summed E-state index contributed by atoms with van der Waals surface area (Å²) in [5.74, 6) is 0. The number of nitrogens with one attached hydrogen (secondary N) is 1. The largest absolute Gasteiger partial charge is 0.335 e. The monoisotopic (exact) mass is 372 g/mol. The van der Waals surface area contributed by atoms with Gasteiger partial charge in [0.05, 0.1) is 6.33 Å². The van der Waals surface area contributed by atoms with Crippen LogP contribution < -0.4 is 5.32 Å². The molecule has 1 N–H and O–H groups in total. The number of hydrogen-bond donors (Lipinski definition) is 1. The van der Waals surface area contributed by atoms with Crippen molar-refractivity contribution in [1.29, 1.82) is 0 Å². The normalized spacial score (nSPS) is 16.5. The maximum absolute atomic E-state index is 12.6. The van der Waals surface area contributed by atoms with E-state index in [1.54, 1.807) is 12.5 Å². The summed E-state index contributed by atoms with van der Waals surface area (Å²) < 4.78 is 2.01. The van der Waals surface area contributed by atoms with Crippen molar-refractivity contribution >= 4 is 17.8 Å². The summed E-state index contributed by atoms with van der Waals surface area (Å²) in [6.07, 6.45) is 8.49. The Morgan fingerprint density at radius 3 is 2.65 bits per heavy atom. The van der Waals surface area contributed by atoms with E-state index in [1.165, 1.54) is 10.5 Å². The molecular formula is C20H28N4OS. The van der Waals surface area contributed by atoms with E-state index in [-0.39, 0.29) is 12.1 Å². The van der Waals surface area contributed by atoms with Crippen LogP contribution in [0.15, 0.2) is 47.9 Å². The average Bonchev–Trinajstić information content (AvgIpc) is 3.16. The minimum atomic E-state index is 0.0655. The van der Waals surface area contributed by atoms with Crippen LogP contribution in [0.4, 0.5) is 4.79 Å². The van der Waals surface area contributed by atoms with Crippen LogP contribution in [0.3, 0.4) is 0 Å². The number of benzene rings is 1. The van der Waals surface area contributed by atoms with Crippen LogP contribution in [0.2, 0.25) is 0 Å². The van der Waals surface area contributed by atoms with E-state index < -0.39 is 0 Å². The van der Waals surface area contributed by atoms with Gasteiger partial charge in [-0.25, -0.2) is 9.78 Å². The first-order valence-electron chi connectivity index (χ1n) is 9.38. The van der Waals surface area contributed by atoms with E-state index in [2.05, 4.69) is 48.4 Å². The van der Waals surface area contributed by atoms with Crippen LogP contribution in [-0.4, -0.2) is 44.9 Å². The Labute approximate surface area is 160 Å². The Hall–Kier alpha value is -1.95. The van der Waals surface area contributed by atoms with Crippen LogP contribution >= 0.6 is 11.8 Å². The summed E-state index contributed by atoms with van der Waals surface area (Å²) in [6.45, 7) is 6.64. The van der Waals surface area contributed by atoms with Crippen molar-refractivity contribution in [2.24, 2.45) is 0 Å². The van der Waals surface area contributed by atoms with Gasteiger partial charge in [0.15, 0.2) is 0 Å². The van der Waals surface area contributed by atoms with E-state index in [0.29, 0.717) is 5.25 Å². The molecule has 1 saturated heterocycles. The highest BCUT2D eigenvalue weighted by Gasteiger charge is 2.24. The lowest BCUT2D eigenvalue weighted by atomic mass is 10.1. The van der Waals surface area contributed by atoms with Crippen LogP contribution in [0.1, 0.15) is 31.7 Å². The van der Waals surface area contributed by atoms with Crippen molar-refractivity contribution in [3.63, 3.8) is 0 Å². The number of likely N-dealkylation sites (tertiary alicyclic amines) is 1. The zero-order chi connectivity index (χ0) is 18.4. The third kappa shape index (κ3) is 5.27. The molecule has 1 fully saturated rings. The van der Waals surface area contributed by atoms with Crippen LogP contribution in [0.25, 0.3) is 0 Å². The highest BCUT2D eigenvalue weighted by molar-refractivity contribution is 8.00. The molecule has 3 rings (SSSR count). The molecule has 0 bridgehead atoms. The van der Waals surface area contributed by atoms with E-state index in [4.69, 9.17) is 0 Å². The van der Waals surface area contributed by atoms with Crippen molar-refractivity contribution in [3.05, 3.63) is 48.5 Å². The van der Waals surface area contributed by atoms with Gasteiger partial charge in [-0.1, -0.05) is 24.6 Å². The molecule has 0 saturated carbocycles. The molecule has 140 valence electrons. The molecule has 0 unspecified atom stereocenters. The lowest BCUT2D eigenvalue weighted by Gasteiger charge is -2.33. The van der Waals surface area contributed by atoms with E-state index in [9.17, 15) is 4.79 Å². The Morgan fingerprint density at radius 1 is 1.31 bits per heavy atom. The van der Waals surface area contributed by atoms with Gasteiger partial charge in [0.2, 0.25) is 0 Å². The summed E-state index contributed by atoms with van der Waals surface area (Å²) in [5, 5.41) is 3.77. The van der Waals surface area contributed by atoms with Gasteiger partial charge in [-0.05, 0) is 38.3 Å². The SMILES string of the molecule is CC[C@H](Cn1ccnc1)NC(=O)N1CCC(Sc2ccc(C)cc2)CC1. The number of piperidine rings is 1. The number of amides is 2. The number of carbonyl (C=O) groups is 1. The molecule has 2 aromatic rings. The molecule has 5 nitrogen and oxygen atoms in total. The summed E-state index contributed by atoms with van der Waals surface area (Å²) in [6, 6.07) is 8.92. The number of nitrogens with zero attached hydrogens (tertiary/aromatic N) is 3. The first kappa shape index (κ1) is 18.8. The Bertz CT molecular complexity index is 678. The Kier molecular flexibility index (Phi) is 6.61. The van der Waals surface area contributed by atoms with Crippen LogP contribution in [-0.2, 0) is 6.54 Å². The third-order valence-electron chi connectivity index (χ3n) is 4.86. The number of carbonyl (C=O) groups excluding carboxylic acids is 1. The third-order valence-corrected chi connectivity index (χ3v) is 6.21. The van der Waals surface area contributed by atoms with Gasteiger partial charge in [0.25, 0.3) is 0 Å². The molecule has 1 aliphatic rings. The summed E-state index contributed by atoms with van der Waals surface area (Å²) in [7, 11) is 0. The number of thioether (sulfide) groups is 1. The van der Waals surface area contributed by atoms with Crippen LogP contribution in [0, 0.1) is 6.92 Å². The predicted molar refractivity (Wildman–Crippen MR) is 106 cm³/mol. The van der Waals surface area contributed by atoms with E-state index in [0.717, 1.165) is 38.9 Å². The molecule has 2 amide bonds. The van der Waals surface area contributed by atoms with Gasteiger partial charge in [-0.3, -0.25) is 0 Å². The molecular weight excluding hydrogens is 344 g/mol. The summed E-state index contributed by atoms with van der Waals surface area (Å²) in [5.41, 5.74) is 1.29. The van der Waals surface area contributed by atoms with Gasteiger partial charge < -0.3 is 14.8 Å². The number of urea groups is 1. The second-order valence-corrected chi connectivity index (χ2v) is 8.31. The molecule has 6 heteroatoms. The summed E-state index contributed by atoms with van der Waals surface area (Å²) >= 11 is 1.94. The van der Waals surface area contributed by atoms with Gasteiger partial charge in [0, 0.05) is 48.2 Å². The molecule has 0 aliphatic carbocycles. The van der Waals surface area contributed by atoms with Crippen molar-refractivity contribution in [1.82, 2.24) is 19.8 Å². The molecule has 26 heavy (non-hydrogen) atoms. The lowest BCUT2D eigenvalue weighted by molar-refractivity contribution is 0.182. The Balaban J connectivity index is 1.44. The van der Waals surface area contributed by atoms with Gasteiger partial charge in [-0.15, -0.1) is 11.8 Å². The predicted octanol–water partition coefficient (Wildman–Crippen LogP) is 3.94. The fraction of sp³-hybridized carbons (Fsp3) is 0.500. The van der Waals surface area contributed by atoms with Crippen LogP contribution in [0.5, 0.6) is 0 Å². The second-order valence-electron chi connectivity index (χ2n) is 6.93. The highest BCUT2D eigenvalue weighted by atomic mass is 32.2. The smallest absolute Gasteiger partial charge is 0.317 e. The maximum atomic E-state index is 12.6. The minimum Gasteiger partial charge on any atom is -0.335 e. The molecule has 1 aromatic carbocycles. The zero-order valence-corrected chi connectivity index (χ0v) is 16.4. The number of hydrogen-bond acceptors (Lipinski definition) is 3. The minimum absolute atomic E-state index is 0.0655. The molecule has 0 spiro atoms. The average molecular weight is 373 g/mol. The maximum Gasteiger partial charge on any atom is 0.317 e. The Morgan fingerprint density at radius 2 is 2.04 bits per heavy atom. The van der Waals surface area contributed by atoms with Gasteiger partial charge in [-0.2, -0.15) is 0 Å². The van der Waals surface area contributed by atoms with Crippen molar-refractivity contribution in [3.8, 4) is 0 Å². The van der Waals surface area contributed by atoms with Gasteiger partial charge in [0.1, 0.15) is 0 Å². The van der Waals surface area contributed by atoms with Crippen molar-refractivity contribution < 1.29 is 4.79 Å². The highest BCUT2D eigenvalue weighted by Crippen LogP contribution is 2.30. The number of imidazole rings is 1. The molecule has 0 radical (unpaired) electrons. The number of aromatic nitrogens is 2. The number of aryl methyl sites for hydroxylation is 1. The second kappa shape index (κ2) is 9.12. The van der Waals surface area contributed by atoms with E-state index >= 15 is 0 Å². The number of rotatable bonds is 6. The van der Waals surface area contributed by atoms with E-state index in [1.807, 2.05) is 27.4 Å². The fourth-order valence-electron chi connectivity index (χ4n) is 3.18. The molecule has 1 aromatic heterocycles. The molecule has 1 aliphatic heterocycles. The fourth-order valence-corrected chi connectivity index (χ4v) is 4.30. The quantitative estimate of drug-likeness (QED) is 0.836. The zero-order valence-electron chi connectivity index (χ0n) is 15.6. The first-order chi connectivity index (χ1) is 12.6.